The normalized spacial score (nSPS) is 18.3. The van der Waals surface area contributed by atoms with Crippen LogP contribution in [0.1, 0.15) is 13.3 Å². The van der Waals surface area contributed by atoms with Gasteiger partial charge in [0, 0.05) is 33.6 Å². The number of ether oxygens (including phenoxy) is 1. The fourth-order valence-electron chi connectivity index (χ4n) is 3.02. The minimum Gasteiger partial charge on any atom is -0.377 e. The number of nitrogens with zero attached hydrogens (tertiary/aromatic N) is 5. The van der Waals surface area contributed by atoms with Crippen LogP contribution in [-0.4, -0.2) is 55.3 Å². The van der Waals surface area contributed by atoms with Gasteiger partial charge in [0.2, 0.25) is 5.91 Å². The van der Waals surface area contributed by atoms with Crippen LogP contribution in [0, 0.1) is 0 Å². The average Bonchev–Trinajstić information content (AvgIpc) is 3.00. The SMILES string of the molecule is C[C@@H]1COCCN1C(=O)CCn1cnc2c1c(=O)n(C)c(=O)n2C. The third kappa shape index (κ3) is 2.64. The Bertz CT molecular complexity index is 894. The number of aryl methyl sites for hydroxylation is 2. The standard InChI is InChI=1S/C15H21N5O4/c1-10-8-24-7-6-20(10)11(21)4-5-19-9-16-13-12(19)14(22)18(3)15(23)17(13)2/h9-10H,4-8H2,1-3H3/t10-/m1/s1. The Labute approximate surface area is 138 Å². The molecule has 0 N–H and O–H groups in total. The van der Waals surface area contributed by atoms with E-state index in [1.54, 1.807) is 16.5 Å². The van der Waals surface area contributed by atoms with Crippen LogP contribution in [0.25, 0.3) is 11.2 Å². The second kappa shape index (κ2) is 6.23. The summed E-state index contributed by atoms with van der Waals surface area (Å²) < 4.78 is 9.36. The van der Waals surface area contributed by atoms with Gasteiger partial charge in [-0.05, 0) is 6.92 Å². The highest BCUT2D eigenvalue weighted by Gasteiger charge is 2.23. The van der Waals surface area contributed by atoms with Crippen molar-refractivity contribution < 1.29 is 9.53 Å². The van der Waals surface area contributed by atoms with Gasteiger partial charge in [-0.2, -0.15) is 0 Å². The molecule has 0 aromatic carbocycles. The van der Waals surface area contributed by atoms with Gasteiger partial charge in [-0.25, -0.2) is 9.78 Å². The molecule has 1 saturated heterocycles. The topological polar surface area (TPSA) is 91.4 Å². The van der Waals surface area contributed by atoms with Gasteiger partial charge in [-0.1, -0.05) is 0 Å². The molecule has 0 spiro atoms. The van der Waals surface area contributed by atoms with E-state index in [1.165, 1.54) is 17.9 Å². The lowest BCUT2D eigenvalue weighted by Crippen LogP contribution is -2.47. The number of fused-ring (bicyclic) bond motifs is 1. The van der Waals surface area contributed by atoms with E-state index in [1.807, 2.05) is 6.92 Å². The number of rotatable bonds is 3. The molecule has 1 aliphatic heterocycles. The van der Waals surface area contributed by atoms with Crippen molar-refractivity contribution >= 4 is 17.1 Å². The highest BCUT2D eigenvalue weighted by Crippen LogP contribution is 2.11. The lowest BCUT2D eigenvalue weighted by Gasteiger charge is -2.33. The fraction of sp³-hybridized carbons (Fsp3) is 0.600. The molecule has 0 radical (unpaired) electrons. The Kier molecular flexibility index (Phi) is 4.27. The number of aromatic nitrogens is 4. The molecule has 0 aliphatic carbocycles. The van der Waals surface area contributed by atoms with E-state index in [0.717, 1.165) is 4.57 Å². The molecule has 0 bridgehead atoms. The van der Waals surface area contributed by atoms with Crippen LogP contribution in [0.2, 0.25) is 0 Å². The number of imidazole rings is 1. The van der Waals surface area contributed by atoms with E-state index in [-0.39, 0.29) is 18.4 Å². The van der Waals surface area contributed by atoms with E-state index in [9.17, 15) is 14.4 Å². The van der Waals surface area contributed by atoms with Crippen molar-refractivity contribution in [3.8, 4) is 0 Å². The van der Waals surface area contributed by atoms with Crippen LogP contribution in [0.3, 0.4) is 0 Å². The van der Waals surface area contributed by atoms with Gasteiger partial charge in [-0.15, -0.1) is 0 Å². The molecule has 1 atom stereocenters. The highest BCUT2D eigenvalue weighted by atomic mass is 16.5. The summed E-state index contributed by atoms with van der Waals surface area (Å²) in [4.78, 5) is 42.7. The zero-order valence-electron chi connectivity index (χ0n) is 14.1. The molecule has 130 valence electrons. The van der Waals surface area contributed by atoms with Gasteiger partial charge >= 0.3 is 5.69 Å². The maximum absolute atomic E-state index is 12.4. The first kappa shape index (κ1) is 16.4. The molecule has 24 heavy (non-hydrogen) atoms. The fourth-order valence-corrected chi connectivity index (χ4v) is 3.02. The van der Waals surface area contributed by atoms with Gasteiger partial charge in [0.15, 0.2) is 11.2 Å². The molecule has 3 heterocycles. The second-order valence-corrected chi connectivity index (χ2v) is 6.08. The third-order valence-corrected chi connectivity index (χ3v) is 4.47. The second-order valence-electron chi connectivity index (χ2n) is 6.08. The quantitative estimate of drug-likeness (QED) is 0.723. The smallest absolute Gasteiger partial charge is 0.332 e. The summed E-state index contributed by atoms with van der Waals surface area (Å²) in [5.74, 6) is 0.0225. The van der Waals surface area contributed by atoms with Crippen molar-refractivity contribution in [3.63, 3.8) is 0 Å². The summed E-state index contributed by atoms with van der Waals surface area (Å²) >= 11 is 0. The summed E-state index contributed by atoms with van der Waals surface area (Å²) in [6.07, 6.45) is 1.77. The molecule has 2 aromatic rings. The molecule has 3 rings (SSSR count). The van der Waals surface area contributed by atoms with Crippen LogP contribution in [0.15, 0.2) is 15.9 Å². The molecular formula is C15H21N5O4. The van der Waals surface area contributed by atoms with Crippen LogP contribution < -0.4 is 11.2 Å². The summed E-state index contributed by atoms with van der Waals surface area (Å²) in [5.41, 5.74) is -0.161. The monoisotopic (exact) mass is 335 g/mol. The first-order valence-corrected chi connectivity index (χ1v) is 7.90. The van der Waals surface area contributed by atoms with Crippen molar-refractivity contribution in [1.29, 1.82) is 0 Å². The zero-order chi connectivity index (χ0) is 17.4. The molecule has 9 nitrogen and oxygen atoms in total. The molecule has 0 unspecified atom stereocenters. The van der Waals surface area contributed by atoms with E-state index in [4.69, 9.17) is 4.74 Å². The largest absolute Gasteiger partial charge is 0.377 e. The van der Waals surface area contributed by atoms with E-state index in [0.29, 0.717) is 37.5 Å². The van der Waals surface area contributed by atoms with E-state index in [2.05, 4.69) is 4.98 Å². The zero-order valence-corrected chi connectivity index (χ0v) is 14.1. The Morgan fingerprint density at radius 3 is 2.79 bits per heavy atom. The Hall–Kier alpha value is -2.42. The van der Waals surface area contributed by atoms with Crippen molar-refractivity contribution in [1.82, 2.24) is 23.6 Å². The third-order valence-electron chi connectivity index (χ3n) is 4.47. The number of amides is 1. The number of hydrogen-bond donors (Lipinski definition) is 0. The Morgan fingerprint density at radius 1 is 1.33 bits per heavy atom. The van der Waals surface area contributed by atoms with Crippen LogP contribution in [-0.2, 0) is 30.2 Å². The Morgan fingerprint density at radius 2 is 2.08 bits per heavy atom. The lowest BCUT2D eigenvalue weighted by atomic mass is 10.2. The predicted octanol–water partition coefficient (Wildman–Crippen LogP) is -0.929. The maximum Gasteiger partial charge on any atom is 0.332 e. The van der Waals surface area contributed by atoms with Crippen molar-refractivity contribution in [2.24, 2.45) is 14.1 Å². The molecule has 2 aromatic heterocycles. The highest BCUT2D eigenvalue weighted by molar-refractivity contribution is 5.77. The van der Waals surface area contributed by atoms with Gasteiger partial charge in [-0.3, -0.25) is 18.7 Å². The molecular weight excluding hydrogens is 314 g/mol. The summed E-state index contributed by atoms with van der Waals surface area (Å²) in [7, 11) is 3.00. The number of hydrogen-bond acceptors (Lipinski definition) is 5. The van der Waals surface area contributed by atoms with Gasteiger partial charge in [0.1, 0.15) is 0 Å². The lowest BCUT2D eigenvalue weighted by molar-refractivity contribution is -0.139. The molecule has 1 aliphatic rings. The van der Waals surface area contributed by atoms with E-state index < -0.39 is 11.2 Å². The first-order valence-electron chi connectivity index (χ1n) is 7.90. The minimum atomic E-state index is -0.420. The predicted molar refractivity (Wildman–Crippen MR) is 86.8 cm³/mol. The summed E-state index contributed by atoms with van der Waals surface area (Å²) in [5, 5.41) is 0. The average molecular weight is 335 g/mol. The maximum atomic E-state index is 12.4. The Balaban J connectivity index is 1.85. The van der Waals surface area contributed by atoms with Crippen LogP contribution in [0.4, 0.5) is 0 Å². The number of morpholine rings is 1. The summed E-state index contributed by atoms with van der Waals surface area (Å²) in [6, 6.07) is 0.0551. The van der Waals surface area contributed by atoms with Gasteiger partial charge in [0.25, 0.3) is 5.56 Å². The van der Waals surface area contributed by atoms with Gasteiger partial charge in [0.05, 0.1) is 25.6 Å². The summed E-state index contributed by atoms with van der Waals surface area (Å²) in [6.45, 7) is 3.97. The van der Waals surface area contributed by atoms with Crippen molar-refractivity contribution in [2.45, 2.75) is 25.9 Å². The number of carbonyl (C=O) groups excluding carboxylic acids is 1. The molecule has 1 fully saturated rings. The van der Waals surface area contributed by atoms with Gasteiger partial charge < -0.3 is 14.2 Å². The first-order chi connectivity index (χ1) is 11.4. The van der Waals surface area contributed by atoms with Crippen LogP contribution >= 0.6 is 0 Å². The van der Waals surface area contributed by atoms with Crippen molar-refractivity contribution in [2.75, 3.05) is 19.8 Å². The molecule has 1 amide bonds. The minimum absolute atomic E-state index is 0.0225. The van der Waals surface area contributed by atoms with Crippen molar-refractivity contribution in [3.05, 3.63) is 27.2 Å². The van der Waals surface area contributed by atoms with Crippen LogP contribution in [0.5, 0.6) is 0 Å². The molecule has 0 saturated carbocycles. The van der Waals surface area contributed by atoms with E-state index >= 15 is 0 Å². The molecule has 9 heteroatoms. The number of carbonyl (C=O) groups is 1.